The summed E-state index contributed by atoms with van der Waals surface area (Å²) in [4.78, 5) is 31.6. The highest BCUT2D eigenvalue weighted by molar-refractivity contribution is 5.92. The first-order valence-corrected chi connectivity index (χ1v) is 7.24. The molecule has 0 radical (unpaired) electrons. The summed E-state index contributed by atoms with van der Waals surface area (Å²) in [6.07, 6.45) is 10.9. The molecule has 110 valence electrons. The van der Waals surface area contributed by atoms with Gasteiger partial charge in [0.05, 0.1) is 6.20 Å². The second kappa shape index (κ2) is 5.63. The zero-order valence-electron chi connectivity index (χ0n) is 11.8. The molecular formula is C15H18N4O2. The second-order valence-corrected chi connectivity index (χ2v) is 5.61. The van der Waals surface area contributed by atoms with Crippen LogP contribution < -0.4 is 10.6 Å². The van der Waals surface area contributed by atoms with Gasteiger partial charge in [-0.2, -0.15) is 0 Å². The molecule has 0 bridgehead atoms. The summed E-state index contributed by atoms with van der Waals surface area (Å²) in [5.41, 5.74) is 1.16. The molecule has 6 heteroatoms. The van der Waals surface area contributed by atoms with Crippen LogP contribution in [-0.4, -0.2) is 28.3 Å². The second-order valence-electron chi connectivity index (χ2n) is 5.61. The van der Waals surface area contributed by atoms with Gasteiger partial charge in [-0.15, -0.1) is 0 Å². The van der Waals surface area contributed by atoms with Gasteiger partial charge in [0.15, 0.2) is 0 Å². The maximum atomic E-state index is 12.1. The number of nitrogens with one attached hydrogen (secondary N) is 2. The molecule has 3 rings (SSSR count). The average Bonchev–Trinajstić information content (AvgIpc) is 2.54. The average molecular weight is 286 g/mol. The van der Waals surface area contributed by atoms with Crippen LogP contribution in [0.4, 0.5) is 0 Å². The number of carbonyl (C=O) groups is 2. The fourth-order valence-electron chi connectivity index (χ4n) is 3.08. The van der Waals surface area contributed by atoms with E-state index in [1.165, 1.54) is 18.6 Å². The summed E-state index contributed by atoms with van der Waals surface area (Å²) in [5.74, 6) is -0.154. The number of fused-ring (bicyclic) bond motifs is 1. The number of rotatable bonds is 3. The molecule has 1 unspecified atom stereocenters. The van der Waals surface area contributed by atoms with E-state index in [1.807, 2.05) is 0 Å². The highest BCUT2D eigenvalue weighted by Gasteiger charge is 2.40. The maximum Gasteiger partial charge on any atom is 0.271 e. The van der Waals surface area contributed by atoms with E-state index in [9.17, 15) is 9.59 Å². The van der Waals surface area contributed by atoms with Crippen molar-refractivity contribution in [3.05, 3.63) is 36.1 Å². The first-order valence-electron chi connectivity index (χ1n) is 7.24. The van der Waals surface area contributed by atoms with Crippen LogP contribution in [0.3, 0.4) is 0 Å². The summed E-state index contributed by atoms with van der Waals surface area (Å²) >= 11 is 0. The van der Waals surface area contributed by atoms with Gasteiger partial charge in [0, 0.05) is 36.5 Å². The number of carbonyl (C=O) groups excluding carboxylic acids is 2. The Morgan fingerprint density at radius 1 is 1.38 bits per heavy atom. The van der Waals surface area contributed by atoms with Crippen molar-refractivity contribution in [2.45, 2.75) is 32.1 Å². The SMILES string of the molecule is O=C1CCC2(CNC(=O)c3cnccn3)CCCC=C2N1. The fourth-order valence-corrected chi connectivity index (χ4v) is 3.08. The summed E-state index contributed by atoms with van der Waals surface area (Å²) in [5, 5.41) is 5.91. The smallest absolute Gasteiger partial charge is 0.271 e. The van der Waals surface area contributed by atoms with Crippen molar-refractivity contribution < 1.29 is 9.59 Å². The van der Waals surface area contributed by atoms with Gasteiger partial charge in [-0.1, -0.05) is 6.08 Å². The van der Waals surface area contributed by atoms with Crippen LogP contribution in [0, 0.1) is 5.41 Å². The minimum atomic E-state index is -0.223. The van der Waals surface area contributed by atoms with E-state index in [2.05, 4.69) is 26.7 Å². The summed E-state index contributed by atoms with van der Waals surface area (Å²) in [6, 6.07) is 0. The Morgan fingerprint density at radius 2 is 2.29 bits per heavy atom. The Balaban J connectivity index is 1.71. The van der Waals surface area contributed by atoms with E-state index in [1.54, 1.807) is 0 Å². The first kappa shape index (κ1) is 13.7. The largest absolute Gasteiger partial charge is 0.350 e. The van der Waals surface area contributed by atoms with Gasteiger partial charge >= 0.3 is 0 Å². The van der Waals surface area contributed by atoms with Crippen molar-refractivity contribution in [3.8, 4) is 0 Å². The van der Waals surface area contributed by atoms with Gasteiger partial charge < -0.3 is 10.6 Å². The Morgan fingerprint density at radius 3 is 3.10 bits per heavy atom. The van der Waals surface area contributed by atoms with Gasteiger partial charge in [0.25, 0.3) is 5.91 Å². The Hall–Kier alpha value is -2.24. The van der Waals surface area contributed by atoms with E-state index in [-0.39, 0.29) is 17.2 Å². The molecule has 2 heterocycles. The van der Waals surface area contributed by atoms with Crippen LogP contribution in [0.2, 0.25) is 0 Å². The number of hydrogen-bond donors (Lipinski definition) is 2. The van der Waals surface area contributed by atoms with E-state index in [4.69, 9.17) is 0 Å². The van der Waals surface area contributed by atoms with Crippen molar-refractivity contribution in [2.75, 3.05) is 6.54 Å². The number of nitrogens with zero attached hydrogens (tertiary/aromatic N) is 2. The number of amides is 2. The molecule has 1 aromatic heterocycles. The van der Waals surface area contributed by atoms with E-state index >= 15 is 0 Å². The minimum Gasteiger partial charge on any atom is -0.350 e. The zero-order chi connectivity index (χ0) is 14.7. The Labute approximate surface area is 123 Å². The number of piperidine rings is 1. The van der Waals surface area contributed by atoms with Gasteiger partial charge in [-0.3, -0.25) is 14.6 Å². The van der Waals surface area contributed by atoms with E-state index < -0.39 is 0 Å². The fraction of sp³-hybridized carbons (Fsp3) is 0.467. The van der Waals surface area contributed by atoms with Crippen molar-refractivity contribution in [1.29, 1.82) is 0 Å². The van der Waals surface area contributed by atoms with Crippen LogP contribution in [-0.2, 0) is 4.79 Å². The predicted molar refractivity (Wildman–Crippen MR) is 76.1 cm³/mol. The highest BCUT2D eigenvalue weighted by atomic mass is 16.2. The van der Waals surface area contributed by atoms with Crippen LogP contribution in [0.5, 0.6) is 0 Å². The third-order valence-electron chi connectivity index (χ3n) is 4.27. The lowest BCUT2D eigenvalue weighted by Crippen LogP contribution is -2.48. The topological polar surface area (TPSA) is 84.0 Å². The minimum absolute atomic E-state index is 0.0685. The van der Waals surface area contributed by atoms with Crippen molar-refractivity contribution >= 4 is 11.8 Å². The summed E-state index contributed by atoms with van der Waals surface area (Å²) in [6.45, 7) is 0.522. The van der Waals surface area contributed by atoms with Crippen LogP contribution in [0.15, 0.2) is 30.4 Å². The van der Waals surface area contributed by atoms with Crippen LogP contribution in [0.25, 0.3) is 0 Å². The standard InChI is InChI=1S/C15H18N4O2/c20-13-4-6-15(5-2-1-3-12(15)19-13)10-18-14(21)11-9-16-7-8-17-11/h3,7-9H,1-2,4-6,10H2,(H,18,21)(H,19,20). The molecule has 21 heavy (non-hydrogen) atoms. The lowest BCUT2D eigenvalue weighted by Gasteiger charge is -2.42. The summed E-state index contributed by atoms with van der Waals surface area (Å²) < 4.78 is 0. The number of allylic oxidation sites excluding steroid dienone is 1. The molecule has 1 saturated heterocycles. The molecule has 1 aliphatic carbocycles. The molecule has 2 aliphatic rings. The molecule has 0 aromatic carbocycles. The zero-order valence-corrected chi connectivity index (χ0v) is 11.8. The normalized spacial score (nSPS) is 24.6. The number of hydrogen-bond acceptors (Lipinski definition) is 4. The van der Waals surface area contributed by atoms with E-state index in [0.29, 0.717) is 18.7 Å². The quantitative estimate of drug-likeness (QED) is 0.873. The van der Waals surface area contributed by atoms with Crippen molar-refractivity contribution in [1.82, 2.24) is 20.6 Å². The molecule has 1 atom stereocenters. The molecule has 1 aromatic rings. The molecule has 0 spiro atoms. The third kappa shape index (κ3) is 2.79. The first-order chi connectivity index (χ1) is 10.2. The van der Waals surface area contributed by atoms with Gasteiger partial charge in [-0.25, -0.2) is 4.98 Å². The Kier molecular flexibility index (Phi) is 3.68. The van der Waals surface area contributed by atoms with Crippen molar-refractivity contribution in [2.24, 2.45) is 5.41 Å². The van der Waals surface area contributed by atoms with Crippen molar-refractivity contribution in [3.63, 3.8) is 0 Å². The van der Waals surface area contributed by atoms with Gasteiger partial charge in [0.1, 0.15) is 5.69 Å². The molecular weight excluding hydrogens is 268 g/mol. The lowest BCUT2D eigenvalue weighted by atomic mass is 9.70. The van der Waals surface area contributed by atoms with E-state index in [0.717, 1.165) is 31.4 Å². The van der Waals surface area contributed by atoms with Gasteiger partial charge in [0.2, 0.25) is 5.91 Å². The molecule has 2 N–H and O–H groups in total. The Bertz CT molecular complexity index is 585. The maximum absolute atomic E-state index is 12.1. The molecule has 1 fully saturated rings. The molecule has 6 nitrogen and oxygen atoms in total. The number of aromatic nitrogens is 2. The van der Waals surface area contributed by atoms with Crippen LogP contribution in [0.1, 0.15) is 42.6 Å². The van der Waals surface area contributed by atoms with Crippen LogP contribution >= 0.6 is 0 Å². The molecule has 2 amide bonds. The summed E-state index contributed by atoms with van der Waals surface area (Å²) in [7, 11) is 0. The molecule has 1 aliphatic heterocycles. The highest BCUT2D eigenvalue weighted by Crippen LogP contribution is 2.42. The predicted octanol–water partition coefficient (Wildman–Crippen LogP) is 1.17. The monoisotopic (exact) mass is 286 g/mol. The van der Waals surface area contributed by atoms with Gasteiger partial charge in [-0.05, 0) is 25.7 Å². The lowest BCUT2D eigenvalue weighted by molar-refractivity contribution is -0.122. The third-order valence-corrected chi connectivity index (χ3v) is 4.27. The molecule has 0 saturated carbocycles.